The smallest absolute Gasteiger partial charge is 0.314 e. The first-order valence-corrected chi connectivity index (χ1v) is 13.4. The Labute approximate surface area is 194 Å². The minimum atomic E-state index is -0.0459. The molecule has 4 rings (SSSR count). The van der Waals surface area contributed by atoms with Crippen molar-refractivity contribution in [1.82, 2.24) is 0 Å². The van der Waals surface area contributed by atoms with Gasteiger partial charge in [-0.1, -0.05) is 58.3 Å². The lowest BCUT2D eigenvalue weighted by atomic mass is 9.59. The number of fused-ring (bicyclic) bond motifs is 1. The van der Waals surface area contributed by atoms with Crippen molar-refractivity contribution in [2.75, 3.05) is 0 Å². The Bertz CT molecular complexity index is 771. The van der Waals surface area contributed by atoms with Gasteiger partial charge in [-0.2, -0.15) is 5.26 Å². The zero-order valence-electron chi connectivity index (χ0n) is 19.9. The van der Waals surface area contributed by atoms with Gasteiger partial charge in [-0.3, -0.25) is 4.79 Å². The van der Waals surface area contributed by atoms with E-state index in [1.807, 2.05) is 0 Å². The molecule has 3 fully saturated rings. The highest BCUT2D eigenvalue weighted by molar-refractivity contribution is 5.75. The van der Waals surface area contributed by atoms with E-state index in [4.69, 9.17) is 10.00 Å². The second kappa shape index (κ2) is 11.4. The molecule has 3 heteroatoms. The lowest BCUT2D eigenvalue weighted by Gasteiger charge is -2.46. The van der Waals surface area contributed by atoms with Crippen LogP contribution in [0.2, 0.25) is 0 Å². The fourth-order valence-corrected chi connectivity index (χ4v) is 7.14. The maximum atomic E-state index is 13.0. The van der Waals surface area contributed by atoms with Gasteiger partial charge in [-0.15, -0.1) is 0 Å². The number of nitrogens with zero attached hydrogens (tertiary/aromatic N) is 1. The van der Waals surface area contributed by atoms with Gasteiger partial charge in [0.05, 0.1) is 17.6 Å². The molecule has 3 aliphatic rings. The van der Waals surface area contributed by atoms with Crippen molar-refractivity contribution in [3.63, 3.8) is 0 Å². The van der Waals surface area contributed by atoms with E-state index in [1.54, 1.807) is 24.3 Å². The summed E-state index contributed by atoms with van der Waals surface area (Å²) < 4.78 is 5.75. The number of esters is 1. The number of nitriles is 1. The number of hydrogen-bond acceptors (Lipinski definition) is 3. The largest absolute Gasteiger partial charge is 0.426 e. The van der Waals surface area contributed by atoms with Crippen molar-refractivity contribution in [3.8, 4) is 11.8 Å². The molecule has 4 unspecified atom stereocenters. The van der Waals surface area contributed by atoms with E-state index in [0.29, 0.717) is 23.1 Å². The molecular weight excluding hydrogens is 394 g/mol. The summed E-state index contributed by atoms with van der Waals surface area (Å²) in [6.45, 7) is 2.30. The van der Waals surface area contributed by atoms with E-state index >= 15 is 0 Å². The van der Waals surface area contributed by atoms with Gasteiger partial charge in [-0.25, -0.2) is 0 Å². The van der Waals surface area contributed by atoms with Crippen LogP contribution in [0.15, 0.2) is 24.3 Å². The summed E-state index contributed by atoms with van der Waals surface area (Å²) in [5, 5.41) is 8.96. The first-order valence-electron chi connectivity index (χ1n) is 13.4. The third kappa shape index (κ3) is 5.75. The van der Waals surface area contributed by atoms with Crippen molar-refractivity contribution in [2.45, 2.75) is 96.8 Å². The highest BCUT2D eigenvalue weighted by Gasteiger charge is 2.43. The Balaban J connectivity index is 1.27. The van der Waals surface area contributed by atoms with Crippen LogP contribution < -0.4 is 4.74 Å². The van der Waals surface area contributed by atoms with Gasteiger partial charge in [0.2, 0.25) is 0 Å². The van der Waals surface area contributed by atoms with Crippen molar-refractivity contribution >= 4 is 5.97 Å². The minimum Gasteiger partial charge on any atom is -0.426 e. The quantitative estimate of drug-likeness (QED) is 0.251. The van der Waals surface area contributed by atoms with Gasteiger partial charge < -0.3 is 4.74 Å². The number of unbranched alkanes of at least 4 members (excludes halogenated alkanes) is 2. The molecule has 0 heterocycles. The molecule has 0 radical (unpaired) electrons. The van der Waals surface area contributed by atoms with E-state index < -0.39 is 0 Å². The topological polar surface area (TPSA) is 50.1 Å². The van der Waals surface area contributed by atoms with Gasteiger partial charge in [0.15, 0.2) is 0 Å². The highest BCUT2D eigenvalue weighted by Crippen LogP contribution is 2.50. The van der Waals surface area contributed by atoms with E-state index in [2.05, 4.69) is 13.0 Å². The lowest BCUT2D eigenvalue weighted by Crippen LogP contribution is -2.40. The third-order valence-electron chi connectivity index (χ3n) is 8.97. The van der Waals surface area contributed by atoms with Crippen molar-refractivity contribution in [2.24, 2.45) is 35.5 Å². The van der Waals surface area contributed by atoms with Gasteiger partial charge in [0.1, 0.15) is 5.75 Å². The lowest BCUT2D eigenvalue weighted by molar-refractivity contribution is -0.144. The van der Waals surface area contributed by atoms with Gasteiger partial charge in [0.25, 0.3) is 0 Å². The standard InChI is InChI=1S/C29H41NO2/c1-2-3-4-6-21-9-13-23(14-10-21)24-15-18-27-25(19-24)7-5-8-28(27)29(31)32-26-16-11-22(20-30)12-17-26/h11-12,16-17,21,23-25,27-28H,2-10,13-15,18-19H2,1H3. The molecule has 1 aromatic rings. The predicted octanol–water partition coefficient (Wildman–Crippen LogP) is 7.68. The van der Waals surface area contributed by atoms with Crippen LogP contribution in [0.3, 0.4) is 0 Å². The van der Waals surface area contributed by atoms with E-state index in [9.17, 15) is 4.79 Å². The Hall–Kier alpha value is -1.82. The second-order valence-electron chi connectivity index (χ2n) is 10.9. The number of carbonyl (C=O) groups excluding carboxylic acids is 1. The van der Waals surface area contributed by atoms with Crippen LogP contribution in [0.1, 0.15) is 102 Å². The van der Waals surface area contributed by atoms with Crippen LogP contribution in [0, 0.1) is 46.8 Å². The molecule has 0 saturated heterocycles. The third-order valence-corrected chi connectivity index (χ3v) is 8.97. The first kappa shape index (κ1) is 23.3. The van der Waals surface area contributed by atoms with Crippen LogP contribution >= 0.6 is 0 Å². The summed E-state index contributed by atoms with van der Waals surface area (Å²) in [6, 6.07) is 9.03. The van der Waals surface area contributed by atoms with Gasteiger partial charge in [0, 0.05) is 0 Å². The Morgan fingerprint density at radius 3 is 2.41 bits per heavy atom. The molecule has 0 bridgehead atoms. The molecule has 1 aromatic carbocycles. The number of benzene rings is 1. The van der Waals surface area contributed by atoms with E-state index in [0.717, 1.165) is 30.6 Å². The zero-order valence-corrected chi connectivity index (χ0v) is 19.9. The number of ether oxygens (including phenoxy) is 1. The normalized spacial score (nSPS) is 32.5. The second-order valence-corrected chi connectivity index (χ2v) is 10.9. The average Bonchev–Trinajstić information content (AvgIpc) is 2.84. The molecule has 3 aliphatic carbocycles. The molecule has 32 heavy (non-hydrogen) atoms. The summed E-state index contributed by atoms with van der Waals surface area (Å²) in [6.07, 6.45) is 18.7. The minimum absolute atomic E-state index is 0.0459. The van der Waals surface area contributed by atoms with Crippen molar-refractivity contribution in [1.29, 1.82) is 5.26 Å². The monoisotopic (exact) mass is 435 g/mol. The number of hydrogen-bond donors (Lipinski definition) is 0. The molecular formula is C29H41NO2. The molecule has 0 aromatic heterocycles. The summed E-state index contributed by atoms with van der Waals surface area (Å²) >= 11 is 0. The van der Waals surface area contributed by atoms with Crippen LogP contribution in [0.5, 0.6) is 5.75 Å². The van der Waals surface area contributed by atoms with Crippen LogP contribution in [-0.2, 0) is 4.79 Å². The summed E-state index contributed by atoms with van der Waals surface area (Å²) in [5.74, 6) is 4.62. The molecule has 0 amide bonds. The fraction of sp³-hybridized carbons (Fsp3) is 0.724. The Morgan fingerprint density at radius 2 is 1.69 bits per heavy atom. The van der Waals surface area contributed by atoms with Crippen LogP contribution in [0.25, 0.3) is 0 Å². The average molecular weight is 436 g/mol. The van der Waals surface area contributed by atoms with Gasteiger partial charge >= 0.3 is 5.97 Å². The van der Waals surface area contributed by atoms with Crippen LogP contribution in [-0.4, -0.2) is 5.97 Å². The summed E-state index contributed by atoms with van der Waals surface area (Å²) in [4.78, 5) is 13.0. The van der Waals surface area contributed by atoms with Crippen molar-refractivity contribution in [3.05, 3.63) is 29.8 Å². The fourth-order valence-electron chi connectivity index (χ4n) is 7.14. The maximum absolute atomic E-state index is 13.0. The molecule has 174 valence electrons. The number of carbonyl (C=O) groups is 1. The van der Waals surface area contributed by atoms with Crippen LogP contribution in [0.4, 0.5) is 0 Å². The molecule has 4 atom stereocenters. The highest BCUT2D eigenvalue weighted by atomic mass is 16.5. The zero-order chi connectivity index (χ0) is 22.3. The molecule has 0 spiro atoms. The number of rotatable bonds is 7. The summed E-state index contributed by atoms with van der Waals surface area (Å²) in [7, 11) is 0. The van der Waals surface area contributed by atoms with Crippen molar-refractivity contribution < 1.29 is 9.53 Å². The molecule has 0 aliphatic heterocycles. The SMILES string of the molecule is CCCCCC1CCC(C2CCC3C(CCCC3C(=O)Oc3ccc(C#N)cc3)C2)CC1. The molecule has 0 N–H and O–H groups in total. The van der Waals surface area contributed by atoms with E-state index in [-0.39, 0.29) is 11.9 Å². The Morgan fingerprint density at radius 1 is 0.938 bits per heavy atom. The summed E-state index contributed by atoms with van der Waals surface area (Å²) in [5.41, 5.74) is 0.593. The predicted molar refractivity (Wildman–Crippen MR) is 128 cm³/mol. The Kier molecular flexibility index (Phi) is 8.28. The first-order chi connectivity index (χ1) is 15.7. The molecule has 3 saturated carbocycles. The van der Waals surface area contributed by atoms with E-state index in [1.165, 1.54) is 77.0 Å². The maximum Gasteiger partial charge on any atom is 0.314 e. The molecule has 3 nitrogen and oxygen atoms in total. The van der Waals surface area contributed by atoms with Gasteiger partial charge in [-0.05, 0) is 92.4 Å².